The van der Waals surface area contributed by atoms with Crippen molar-refractivity contribution in [2.24, 2.45) is 0 Å². The highest BCUT2D eigenvalue weighted by molar-refractivity contribution is 7.16. The second-order valence-corrected chi connectivity index (χ2v) is 6.69. The summed E-state index contributed by atoms with van der Waals surface area (Å²) in [5.74, 6) is -0.175. The Bertz CT molecular complexity index is 990. The van der Waals surface area contributed by atoms with Gasteiger partial charge < -0.3 is 15.4 Å². The van der Waals surface area contributed by atoms with Crippen molar-refractivity contribution in [1.82, 2.24) is 19.9 Å². The average molecular weight is 384 g/mol. The average Bonchev–Trinajstić information content (AvgIpc) is 2.98. The lowest BCUT2D eigenvalue weighted by molar-refractivity contribution is -0.131. The van der Waals surface area contributed by atoms with E-state index in [2.05, 4.69) is 30.6 Å². The maximum absolute atomic E-state index is 12.6. The van der Waals surface area contributed by atoms with Crippen LogP contribution >= 0.6 is 11.3 Å². The number of esters is 1. The van der Waals surface area contributed by atoms with Gasteiger partial charge in [-0.15, -0.1) is 11.3 Å². The molecule has 0 saturated carbocycles. The largest absolute Gasteiger partial charge is 0.425 e. The summed E-state index contributed by atoms with van der Waals surface area (Å²) in [5, 5.41) is 7.10. The summed E-state index contributed by atoms with van der Waals surface area (Å²) in [4.78, 5) is 40.1. The quantitative estimate of drug-likeness (QED) is 0.645. The molecule has 0 fully saturated rings. The van der Waals surface area contributed by atoms with E-state index in [0.29, 0.717) is 27.9 Å². The highest BCUT2D eigenvalue weighted by Crippen LogP contribution is 2.28. The lowest BCUT2D eigenvalue weighted by atomic mass is 10.3. The Morgan fingerprint density at radius 1 is 1.11 bits per heavy atom. The maximum Gasteiger partial charge on any atom is 0.308 e. The van der Waals surface area contributed by atoms with Crippen LogP contribution in [0.5, 0.6) is 5.75 Å². The SMILES string of the molecule is CC(=O)Oc1ccc(NC(=O)c2nc(C)sc2Nc2cncnc2)nc1C. The van der Waals surface area contributed by atoms with Gasteiger partial charge in [0.1, 0.15) is 17.1 Å². The van der Waals surface area contributed by atoms with Crippen molar-refractivity contribution < 1.29 is 14.3 Å². The predicted octanol–water partition coefficient (Wildman–Crippen LogP) is 2.87. The molecule has 3 rings (SSSR count). The van der Waals surface area contributed by atoms with Gasteiger partial charge in [-0.05, 0) is 26.0 Å². The van der Waals surface area contributed by atoms with E-state index in [0.717, 1.165) is 5.01 Å². The van der Waals surface area contributed by atoms with Crippen LogP contribution in [0, 0.1) is 13.8 Å². The van der Waals surface area contributed by atoms with Gasteiger partial charge in [-0.2, -0.15) is 0 Å². The number of amides is 1. The molecule has 138 valence electrons. The van der Waals surface area contributed by atoms with Crippen LogP contribution in [0.3, 0.4) is 0 Å². The first-order valence-corrected chi connectivity index (χ1v) is 8.71. The van der Waals surface area contributed by atoms with E-state index in [1.54, 1.807) is 31.5 Å². The number of rotatable bonds is 5. The number of thiazole rings is 1. The highest BCUT2D eigenvalue weighted by atomic mass is 32.1. The lowest BCUT2D eigenvalue weighted by Crippen LogP contribution is -2.15. The molecule has 0 atom stereocenters. The van der Waals surface area contributed by atoms with Gasteiger partial charge in [-0.25, -0.2) is 19.9 Å². The fraction of sp³-hybridized carbons (Fsp3) is 0.176. The van der Waals surface area contributed by atoms with Gasteiger partial charge in [-0.1, -0.05) is 0 Å². The smallest absolute Gasteiger partial charge is 0.308 e. The molecule has 0 spiro atoms. The van der Waals surface area contributed by atoms with Crippen LogP contribution in [0.1, 0.15) is 28.1 Å². The monoisotopic (exact) mass is 384 g/mol. The number of nitrogens with one attached hydrogen (secondary N) is 2. The van der Waals surface area contributed by atoms with Crippen LogP contribution in [-0.2, 0) is 4.79 Å². The Labute approximate surface area is 158 Å². The van der Waals surface area contributed by atoms with Gasteiger partial charge in [0, 0.05) is 6.92 Å². The Morgan fingerprint density at radius 3 is 2.52 bits per heavy atom. The number of hydrogen-bond acceptors (Lipinski definition) is 9. The van der Waals surface area contributed by atoms with Crippen LogP contribution in [-0.4, -0.2) is 31.8 Å². The summed E-state index contributed by atoms with van der Waals surface area (Å²) in [5.41, 5.74) is 1.37. The molecule has 0 unspecified atom stereocenters. The van der Waals surface area contributed by atoms with Crippen molar-refractivity contribution in [2.75, 3.05) is 10.6 Å². The molecular weight excluding hydrogens is 368 g/mol. The molecule has 0 saturated heterocycles. The number of aromatic nitrogens is 4. The second kappa shape index (κ2) is 7.87. The summed E-state index contributed by atoms with van der Waals surface area (Å²) >= 11 is 1.34. The molecule has 9 nitrogen and oxygen atoms in total. The zero-order valence-corrected chi connectivity index (χ0v) is 15.6. The number of hydrogen-bond donors (Lipinski definition) is 2. The summed E-state index contributed by atoms with van der Waals surface area (Å²) < 4.78 is 5.03. The van der Waals surface area contributed by atoms with Gasteiger partial charge in [0.25, 0.3) is 5.91 Å². The summed E-state index contributed by atoms with van der Waals surface area (Å²) in [7, 11) is 0. The third-order valence-corrected chi connectivity index (χ3v) is 4.19. The Morgan fingerprint density at radius 2 is 1.85 bits per heavy atom. The first-order valence-electron chi connectivity index (χ1n) is 7.89. The third kappa shape index (κ3) is 4.61. The van der Waals surface area contributed by atoms with Crippen molar-refractivity contribution in [1.29, 1.82) is 0 Å². The lowest BCUT2D eigenvalue weighted by Gasteiger charge is -2.09. The molecule has 1 amide bonds. The number of aryl methyl sites for hydroxylation is 2. The van der Waals surface area contributed by atoms with Gasteiger partial charge in [0.2, 0.25) is 0 Å². The van der Waals surface area contributed by atoms with Crippen molar-refractivity contribution in [3.8, 4) is 5.75 Å². The van der Waals surface area contributed by atoms with Gasteiger partial charge in [0.15, 0.2) is 11.4 Å². The van der Waals surface area contributed by atoms with Crippen molar-refractivity contribution in [2.45, 2.75) is 20.8 Å². The number of carbonyl (C=O) groups excluding carboxylic acids is 2. The normalized spacial score (nSPS) is 10.3. The van der Waals surface area contributed by atoms with E-state index < -0.39 is 11.9 Å². The molecule has 3 aromatic rings. The number of carbonyl (C=O) groups is 2. The minimum absolute atomic E-state index is 0.241. The van der Waals surface area contributed by atoms with E-state index in [-0.39, 0.29) is 5.69 Å². The molecule has 0 aliphatic carbocycles. The van der Waals surface area contributed by atoms with Crippen molar-refractivity contribution in [3.05, 3.63) is 47.2 Å². The van der Waals surface area contributed by atoms with Crippen LogP contribution < -0.4 is 15.4 Å². The fourth-order valence-electron chi connectivity index (χ4n) is 2.22. The molecule has 0 radical (unpaired) electrons. The number of ether oxygens (including phenoxy) is 1. The van der Waals surface area contributed by atoms with Crippen LogP contribution in [0.2, 0.25) is 0 Å². The zero-order chi connectivity index (χ0) is 19.4. The van der Waals surface area contributed by atoms with E-state index in [1.807, 2.05) is 6.92 Å². The first-order chi connectivity index (χ1) is 12.9. The molecule has 0 aromatic carbocycles. The summed E-state index contributed by atoms with van der Waals surface area (Å²) in [6, 6.07) is 3.13. The van der Waals surface area contributed by atoms with Crippen molar-refractivity contribution in [3.63, 3.8) is 0 Å². The van der Waals surface area contributed by atoms with E-state index >= 15 is 0 Å². The maximum atomic E-state index is 12.6. The standard InChI is InChI=1S/C17H16N6O3S/c1-9-13(26-11(3)24)4-5-14(20-9)23-16(25)15-17(27-10(2)21-15)22-12-6-18-8-19-7-12/h4-8,22H,1-3H3,(H,20,23,25). The molecule has 10 heteroatoms. The van der Waals surface area contributed by atoms with Crippen LogP contribution in [0.15, 0.2) is 30.9 Å². The number of anilines is 3. The van der Waals surface area contributed by atoms with E-state index in [4.69, 9.17) is 4.74 Å². The molecule has 2 N–H and O–H groups in total. The first kappa shape index (κ1) is 18.4. The minimum Gasteiger partial charge on any atom is -0.425 e. The molecule has 3 aromatic heterocycles. The van der Waals surface area contributed by atoms with Crippen LogP contribution in [0.25, 0.3) is 0 Å². The van der Waals surface area contributed by atoms with Gasteiger partial charge >= 0.3 is 5.97 Å². The summed E-state index contributed by atoms with van der Waals surface area (Å²) in [6.45, 7) is 4.81. The topological polar surface area (TPSA) is 119 Å². The Hall–Kier alpha value is -3.40. The van der Waals surface area contributed by atoms with Crippen LogP contribution in [0.4, 0.5) is 16.5 Å². The van der Waals surface area contributed by atoms with E-state index in [1.165, 1.54) is 24.6 Å². The van der Waals surface area contributed by atoms with Gasteiger partial charge in [0.05, 0.1) is 28.8 Å². The molecular formula is C17H16N6O3S. The van der Waals surface area contributed by atoms with E-state index in [9.17, 15) is 9.59 Å². The molecule has 3 heterocycles. The predicted molar refractivity (Wildman–Crippen MR) is 100 cm³/mol. The third-order valence-electron chi connectivity index (χ3n) is 3.30. The zero-order valence-electron chi connectivity index (χ0n) is 14.8. The molecule has 27 heavy (non-hydrogen) atoms. The molecule has 0 aliphatic rings. The Kier molecular flexibility index (Phi) is 5.36. The van der Waals surface area contributed by atoms with Crippen molar-refractivity contribution >= 4 is 39.7 Å². The Balaban J connectivity index is 1.78. The summed E-state index contributed by atoms with van der Waals surface area (Å²) in [6.07, 6.45) is 4.62. The molecule has 0 bridgehead atoms. The van der Waals surface area contributed by atoms with Gasteiger partial charge in [-0.3, -0.25) is 9.59 Å². The minimum atomic E-state index is -0.435. The molecule has 0 aliphatic heterocycles. The second-order valence-electron chi connectivity index (χ2n) is 5.49. The fourth-order valence-corrected chi connectivity index (χ4v) is 3.05. The number of nitrogens with zero attached hydrogens (tertiary/aromatic N) is 4. The number of pyridine rings is 1. The highest BCUT2D eigenvalue weighted by Gasteiger charge is 2.18.